The van der Waals surface area contributed by atoms with E-state index in [0.717, 1.165) is 29.8 Å². The van der Waals surface area contributed by atoms with Crippen LogP contribution < -0.4 is 15.5 Å². The molecule has 1 atom stereocenters. The van der Waals surface area contributed by atoms with E-state index in [4.69, 9.17) is 0 Å². The molecule has 0 radical (unpaired) electrons. The van der Waals surface area contributed by atoms with Crippen LogP contribution in [0.3, 0.4) is 0 Å². The van der Waals surface area contributed by atoms with Gasteiger partial charge in [-0.15, -0.1) is 0 Å². The molecule has 0 aromatic heterocycles. The first-order chi connectivity index (χ1) is 13.1. The highest BCUT2D eigenvalue weighted by atomic mass is 16.2. The Kier molecular flexibility index (Phi) is 5.91. The van der Waals surface area contributed by atoms with Crippen LogP contribution >= 0.6 is 0 Å². The van der Waals surface area contributed by atoms with Gasteiger partial charge in [0.2, 0.25) is 11.8 Å². The van der Waals surface area contributed by atoms with Crippen molar-refractivity contribution in [2.45, 2.75) is 24.7 Å². The molecular weight excluding hydrogens is 338 g/mol. The number of likely N-dealkylation sites (N-methyl/N-ethyl adjacent to an activating group) is 1. The van der Waals surface area contributed by atoms with Crippen molar-refractivity contribution >= 4 is 17.5 Å². The first-order valence-corrected chi connectivity index (χ1v) is 9.41. The Morgan fingerprint density at radius 3 is 2.48 bits per heavy atom. The third kappa shape index (κ3) is 3.88. The lowest BCUT2D eigenvalue weighted by Gasteiger charge is -2.28. The second-order valence-corrected chi connectivity index (χ2v) is 7.11. The molecule has 3 rings (SSSR count). The molecule has 5 nitrogen and oxygen atoms in total. The topological polar surface area (TPSA) is 61.4 Å². The lowest BCUT2D eigenvalue weighted by Crippen LogP contribution is -2.44. The molecule has 2 N–H and O–H groups in total. The zero-order valence-electron chi connectivity index (χ0n) is 16.0. The fourth-order valence-electron chi connectivity index (χ4n) is 3.89. The summed E-state index contributed by atoms with van der Waals surface area (Å²) in [6.45, 7) is 1.45. The molecule has 0 spiro atoms. The summed E-state index contributed by atoms with van der Waals surface area (Å²) in [4.78, 5) is 27.7. The summed E-state index contributed by atoms with van der Waals surface area (Å²) in [5.74, 6) is -0.0987. The fourth-order valence-corrected chi connectivity index (χ4v) is 3.89. The number of amides is 2. The fraction of sp³-hybridized carbons (Fsp3) is 0.364. The van der Waals surface area contributed by atoms with Gasteiger partial charge < -0.3 is 15.5 Å². The van der Waals surface area contributed by atoms with E-state index in [0.29, 0.717) is 13.0 Å². The number of benzene rings is 2. The lowest BCUT2D eigenvalue weighted by atomic mass is 9.73. The van der Waals surface area contributed by atoms with Crippen molar-refractivity contribution < 1.29 is 9.59 Å². The van der Waals surface area contributed by atoms with E-state index < -0.39 is 5.41 Å². The summed E-state index contributed by atoms with van der Waals surface area (Å²) in [7, 11) is 3.68. The summed E-state index contributed by atoms with van der Waals surface area (Å²) in [5, 5.41) is 6.04. The average molecular weight is 365 g/mol. The van der Waals surface area contributed by atoms with Crippen LogP contribution in [0.5, 0.6) is 0 Å². The summed E-state index contributed by atoms with van der Waals surface area (Å²) < 4.78 is 0. The van der Waals surface area contributed by atoms with Crippen molar-refractivity contribution in [3.8, 4) is 0 Å². The highest BCUT2D eigenvalue weighted by Gasteiger charge is 2.50. The van der Waals surface area contributed by atoms with E-state index in [1.807, 2.05) is 61.6 Å². The molecule has 0 fully saturated rings. The van der Waals surface area contributed by atoms with Crippen LogP contribution in [-0.4, -0.2) is 39.0 Å². The molecule has 1 aliphatic rings. The third-order valence-corrected chi connectivity index (χ3v) is 5.23. The maximum absolute atomic E-state index is 13.3. The molecule has 27 heavy (non-hydrogen) atoms. The Bertz CT molecular complexity index is 806. The molecule has 1 heterocycles. The van der Waals surface area contributed by atoms with Crippen molar-refractivity contribution in [2.24, 2.45) is 0 Å². The van der Waals surface area contributed by atoms with E-state index in [9.17, 15) is 9.59 Å². The molecule has 2 aromatic rings. The minimum atomic E-state index is -0.861. The molecule has 142 valence electrons. The predicted molar refractivity (Wildman–Crippen MR) is 108 cm³/mol. The van der Waals surface area contributed by atoms with Crippen LogP contribution in [0.15, 0.2) is 54.6 Å². The molecule has 1 aliphatic heterocycles. The van der Waals surface area contributed by atoms with Crippen LogP contribution in [0.4, 0.5) is 5.69 Å². The predicted octanol–water partition coefficient (Wildman–Crippen LogP) is 2.26. The molecule has 5 heteroatoms. The van der Waals surface area contributed by atoms with Crippen LogP contribution in [0.2, 0.25) is 0 Å². The molecule has 0 aliphatic carbocycles. The average Bonchev–Trinajstić information content (AvgIpc) is 2.89. The third-order valence-electron chi connectivity index (χ3n) is 5.23. The van der Waals surface area contributed by atoms with Gasteiger partial charge in [-0.05, 0) is 43.6 Å². The normalized spacial score (nSPS) is 18.4. The first-order valence-electron chi connectivity index (χ1n) is 9.41. The number of nitrogens with zero attached hydrogens (tertiary/aromatic N) is 1. The number of fused-ring (bicyclic) bond motifs is 1. The van der Waals surface area contributed by atoms with E-state index in [1.165, 1.54) is 0 Å². The number of carbonyl (C=O) groups excluding carboxylic acids is 2. The van der Waals surface area contributed by atoms with E-state index in [-0.39, 0.29) is 18.2 Å². The largest absolute Gasteiger partial charge is 0.356 e. The van der Waals surface area contributed by atoms with E-state index in [2.05, 4.69) is 10.6 Å². The molecule has 1 unspecified atom stereocenters. The van der Waals surface area contributed by atoms with Gasteiger partial charge in [0.15, 0.2) is 0 Å². The van der Waals surface area contributed by atoms with Gasteiger partial charge >= 0.3 is 0 Å². The molecule has 2 aromatic carbocycles. The molecular formula is C22H27N3O2. The van der Waals surface area contributed by atoms with Gasteiger partial charge in [0.1, 0.15) is 0 Å². The van der Waals surface area contributed by atoms with E-state index in [1.54, 1.807) is 11.9 Å². The highest BCUT2D eigenvalue weighted by molar-refractivity contribution is 6.09. The Balaban J connectivity index is 1.91. The smallest absolute Gasteiger partial charge is 0.238 e. The van der Waals surface area contributed by atoms with Crippen LogP contribution in [0, 0.1) is 0 Å². The number of anilines is 1. The van der Waals surface area contributed by atoms with Gasteiger partial charge in [0, 0.05) is 25.7 Å². The second kappa shape index (κ2) is 8.35. The number of nitrogens with one attached hydrogen (secondary N) is 2. The van der Waals surface area contributed by atoms with Gasteiger partial charge in [-0.25, -0.2) is 0 Å². The van der Waals surface area contributed by atoms with Crippen LogP contribution in [0.25, 0.3) is 0 Å². The molecule has 0 bridgehead atoms. The Hall–Kier alpha value is -2.66. The van der Waals surface area contributed by atoms with Gasteiger partial charge in [0.05, 0.1) is 5.41 Å². The number of hydrogen-bond acceptors (Lipinski definition) is 3. The van der Waals surface area contributed by atoms with Gasteiger partial charge in [-0.2, -0.15) is 0 Å². The highest BCUT2D eigenvalue weighted by Crippen LogP contribution is 2.45. The number of carbonyl (C=O) groups is 2. The lowest BCUT2D eigenvalue weighted by molar-refractivity contribution is -0.129. The second-order valence-electron chi connectivity index (χ2n) is 7.11. The van der Waals surface area contributed by atoms with Crippen LogP contribution in [0.1, 0.15) is 24.0 Å². The summed E-state index contributed by atoms with van der Waals surface area (Å²) in [5.41, 5.74) is 2.02. The number of para-hydroxylation sites is 1. The monoisotopic (exact) mass is 365 g/mol. The minimum Gasteiger partial charge on any atom is -0.356 e. The van der Waals surface area contributed by atoms with Crippen molar-refractivity contribution in [3.63, 3.8) is 0 Å². The Morgan fingerprint density at radius 2 is 1.74 bits per heavy atom. The molecule has 2 amide bonds. The van der Waals surface area contributed by atoms with Crippen molar-refractivity contribution in [2.75, 3.05) is 32.1 Å². The summed E-state index contributed by atoms with van der Waals surface area (Å²) in [6, 6.07) is 17.7. The first kappa shape index (κ1) is 19.1. The Morgan fingerprint density at radius 1 is 1.04 bits per heavy atom. The quantitative estimate of drug-likeness (QED) is 0.706. The molecule has 0 saturated heterocycles. The van der Waals surface area contributed by atoms with Gasteiger partial charge in [-0.3, -0.25) is 9.59 Å². The Labute approximate surface area is 160 Å². The van der Waals surface area contributed by atoms with Crippen molar-refractivity contribution in [1.82, 2.24) is 10.6 Å². The van der Waals surface area contributed by atoms with E-state index >= 15 is 0 Å². The molecule has 0 saturated carbocycles. The van der Waals surface area contributed by atoms with Crippen molar-refractivity contribution in [1.29, 1.82) is 0 Å². The number of rotatable bonds is 8. The zero-order valence-corrected chi connectivity index (χ0v) is 16.0. The van der Waals surface area contributed by atoms with Crippen LogP contribution in [-0.2, 0) is 21.4 Å². The summed E-state index contributed by atoms with van der Waals surface area (Å²) in [6.07, 6.45) is 1.53. The maximum Gasteiger partial charge on any atom is 0.238 e. The standard InChI is InChI=1S/C22H27N3O2/c1-23-13-8-14-24-20(26)16-22(15-17-9-4-3-5-10-17)18-11-6-7-12-19(18)25(2)21(22)27/h3-7,9-12,23H,8,13-16H2,1-2H3,(H,24,26). The maximum atomic E-state index is 13.3. The van der Waals surface area contributed by atoms with Gasteiger partial charge in [-0.1, -0.05) is 48.5 Å². The zero-order chi connectivity index (χ0) is 19.3. The number of hydrogen-bond donors (Lipinski definition) is 2. The van der Waals surface area contributed by atoms with Crippen molar-refractivity contribution in [3.05, 3.63) is 65.7 Å². The summed E-state index contributed by atoms with van der Waals surface area (Å²) >= 11 is 0. The SMILES string of the molecule is CNCCCNC(=O)CC1(Cc2ccccc2)C(=O)N(C)c2ccccc21. The van der Waals surface area contributed by atoms with Gasteiger partial charge in [0.25, 0.3) is 0 Å². The minimum absolute atomic E-state index is 0.0158.